The Bertz CT molecular complexity index is 242. The van der Waals surface area contributed by atoms with E-state index in [4.69, 9.17) is 4.74 Å². The molecule has 0 aliphatic carbocycles. The van der Waals surface area contributed by atoms with Gasteiger partial charge in [0.15, 0.2) is 0 Å². The molecule has 0 radical (unpaired) electrons. The molecule has 4 heteroatoms. The maximum Gasteiger partial charge on any atom is 0.0522 e. The Kier molecular flexibility index (Phi) is 34.5. The van der Waals surface area contributed by atoms with Crippen molar-refractivity contribution in [1.29, 1.82) is 0 Å². The van der Waals surface area contributed by atoms with E-state index in [0.29, 0.717) is 36.4 Å². The van der Waals surface area contributed by atoms with E-state index in [1.165, 1.54) is 0 Å². The monoisotopic (exact) mass is 452 g/mol. The molecule has 0 aromatic rings. The van der Waals surface area contributed by atoms with Crippen molar-refractivity contribution in [2.24, 2.45) is 0 Å². The first-order valence-corrected chi connectivity index (χ1v) is 12.7. The topological polar surface area (TPSA) is 24.5 Å². The average Bonchev–Trinajstić information content (AvgIpc) is 2.43. The lowest BCUT2D eigenvalue weighted by Crippen LogP contribution is -2.32. The number of rotatable bonds is 8. The molecule has 0 aromatic heterocycles. The summed E-state index contributed by atoms with van der Waals surface area (Å²) < 4.78 is 5.25. The number of nitrogens with one attached hydrogen (secondary N) is 1. The second-order valence-electron chi connectivity index (χ2n) is 9.80. The highest BCUT2D eigenvalue weighted by atomic mass is 32.2. The number of hydrogen-bond acceptors (Lipinski definition) is 4. The minimum atomic E-state index is 0. The van der Waals surface area contributed by atoms with Crippen molar-refractivity contribution < 1.29 is 4.74 Å². The Balaban J connectivity index is -0.0000000917. The highest BCUT2D eigenvalue weighted by Gasteiger charge is 2.04. The standard InChI is InChI=1S/C7H17N.C6H15N.C6H14O.C6H14S.CH4/c1-6(2)8(5)7(3)4;3*1-5(2)7-6(3)4;/h6-7H,1-5H3;5-7H,1-4H3;2*5-6H,1-4H3;1H4. The molecule has 0 saturated heterocycles. The molecule has 0 aliphatic heterocycles. The van der Waals surface area contributed by atoms with Gasteiger partial charge in [-0.1, -0.05) is 62.8 Å². The number of hydrogen-bond donors (Lipinski definition) is 1. The van der Waals surface area contributed by atoms with E-state index in [2.05, 4.69) is 100 Å². The van der Waals surface area contributed by atoms with E-state index in [-0.39, 0.29) is 7.43 Å². The summed E-state index contributed by atoms with van der Waals surface area (Å²) in [6, 6.07) is 2.60. The molecule has 0 saturated carbocycles. The molecule has 0 aliphatic rings. The van der Waals surface area contributed by atoms with Gasteiger partial charge in [-0.15, -0.1) is 0 Å². The first-order chi connectivity index (χ1) is 12.9. The highest BCUT2D eigenvalue weighted by Crippen LogP contribution is 2.14. The molecule has 0 spiro atoms. The zero-order valence-electron chi connectivity index (χ0n) is 23.4. The first kappa shape index (κ1) is 40.6. The van der Waals surface area contributed by atoms with Gasteiger partial charge in [0, 0.05) is 24.2 Å². The summed E-state index contributed by atoms with van der Waals surface area (Å²) in [6.07, 6.45) is 0.750. The maximum absolute atomic E-state index is 5.25. The van der Waals surface area contributed by atoms with Crippen molar-refractivity contribution >= 4 is 11.8 Å². The summed E-state index contributed by atoms with van der Waals surface area (Å²) in [7, 11) is 2.15. The Morgan fingerprint density at radius 1 is 0.567 bits per heavy atom. The molecular formula is C26H64N2OS. The fraction of sp³-hybridized carbons (Fsp3) is 1.00. The minimum absolute atomic E-state index is 0. The zero-order chi connectivity index (χ0) is 24.3. The van der Waals surface area contributed by atoms with Crippen LogP contribution in [0.5, 0.6) is 0 Å². The summed E-state index contributed by atoms with van der Waals surface area (Å²) in [5, 5.41) is 4.89. The van der Waals surface area contributed by atoms with Crippen LogP contribution in [0, 0.1) is 0 Å². The van der Waals surface area contributed by atoms with Crippen molar-refractivity contribution in [3.63, 3.8) is 0 Å². The van der Waals surface area contributed by atoms with E-state index in [9.17, 15) is 0 Å². The van der Waals surface area contributed by atoms with Gasteiger partial charge < -0.3 is 15.0 Å². The smallest absolute Gasteiger partial charge is 0.0522 e. The third kappa shape index (κ3) is 51.1. The van der Waals surface area contributed by atoms with Crippen LogP contribution in [0.25, 0.3) is 0 Å². The molecule has 30 heavy (non-hydrogen) atoms. The molecule has 190 valence electrons. The van der Waals surface area contributed by atoms with Gasteiger partial charge in [0.1, 0.15) is 0 Å². The first-order valence-electron chi connectivity index (χ1n) is 11.7. The van der Waals surface area contributed by atoms with Crippen LogP contribution < -0.4 is 5.32 Å². The van der Waals surface area contributed by atoms with Crippen molar-refractivity contribution in [1.82, 2.24) is 10.2 Å². The van der Waals surface area contributed by atoms with Gasteiger partial charge in [-0.25, -0.2) is 0 Å². The number of nitrogens with zero attached hydrogens (tertiary/aromatic N) is 1. The normalized spacial score (nSPS) is 11.0. The quantitative estimate of drug-likeness (QED) is 0.402. The Morgan fingerprint density at radius 2 is 0.833 bits per heavy atom. The Morgan fingerprint density at radius 3 is 0.833 bits per heavy atom. The molecule has 3 nitrogen and oxygen atoms in total. The fourth-order valence-corrected chi connectivity index (χ4v) is 3.44. The van der Waals surface area contributed by atoms with Crippen LogP contribution >= 0.6 is 11.8 Å². The van der Waals surface area contributed by atoms with Gasteiger partial charge in [0.05, 0.1) is 12.2 Å². The summed E-state index contributed by atoms with van der Waals surface area (Å²) in [6.45, 7) is 34.5. The molecular weight excluding hydrogens is 388 g/mol. The molecule has 1 N–H and O–H groups in total. The van der Waals surface area contributed by atoms with Crippen molar-refractivity contribution in [3.8, 4) is 0 Å². The van der Waals surface area contributed by atoms with Crippen LogP contribution in [0.1, 0.15) is 118 Å². The fourth-order valence-electron chi connectivity index (χ4n) is 2.35. The second kappa shape index (κ2) is 25.5. The lowest BCUT2D eigenvalue weighted by Gasteiger charge is -2.24. The van der Waals surface area contributed by atoms with Crippen LogP contribution in [-0.2, 0) is 4.74 Å². The van der Waals surface area contributed by atoms with Gasteiger partial charge in [0.25, 0.3) is 0 Å². The second-order valence-corrected chi connectivity index (χ2v) is 12.0. The van der Waals surface area contributed by atoms with Crippen LogP contribution in [-0.4, -0.2) is 58.8 Å². The predicted octanol–water partition coefficient (Wildman–Crippen LogP) is 8.12. The van der Waals surface area contributed by atoms with Crippen LogP contribution in [0.3, 0.4) is 0 Å². The molecule has 0 rings (SSSR count). The Labute approximate surface area is 198 Å². The minimum Gasteiger partial charge on any atom is -0.376 e. The lowest BCUT2D eigenvalue weighted by molar-refractivity contribution is 0.0300. The molecule has 0 heterocycles. The number of thioether (sulfide) groups is 1. The largest absolute Gasteiger partial charge is 0.376 e. The third-order valence-electron chi connectivity index (χ3n) is 3.38. The van der Waals surface area contributed by atoms with E-state index in [1.807, 2.05) is 39.5 Å². The van der Waals surface area contributed by atoms with E-state index >= 15 is 0 Å². The highest BCUT2D eigenvalue weighted by molar-refractivity contribution is 8.00. The van der Waals surface area contributed by atoms with E-state index in [0.717, 1.165) is 10.5 Å². The maximum atomic E-state index is 5.25. The SMILES string of the molecule is C.CC(C)N(C)C(C)C.CC(C)NC(C)C.CC(C)OC(C)C.CC(C)SC(C)C. The molecule has 0 fully saturated rings. The van der Waals surface area contributed by atoms with E-state index < -0.39 is 0 Å². The molecule has 0 aromatic carbocycles. The number of ether oxygens (including phenoxy) is 1. The van der Waals surface area contributed by atoms with Crippen LogP contribution in [0.2, 0.25) is 0 Å². The van der Waals surface area contributed by atoms with Gasteiger partial charge in [0.2, 0.25) is 0 Å². The lowest BCUT2D eigenvalue weighted by atomic mass is 10.3. The molecule has 0 atom stereocenters. The summed E-state index contributed by atoms with van der Waals surface area (Å²) >= 11 is 2.01. The van der Waals surface area contributed by atoms with E-state index in [1.54, 1.807) is 0 Å². The van der Waals surface area contributed by atoms with Gasteiger partial charge in [-0.05, 0) is 72.9 Å². The van der Waals surface area contributed by atoms with Crippen LogP contribution in [0.15, 0.2) is 0 Å². The third-order valence-corrected chi connectivity index (χ3v) is 4.47. The average molecular weight is 453 g/mol. The van der Waals surface area contributed by atoms with Gasteiger partial charge in [-0.2, -0.15) is 11.8 Å². The van der Waals surface area contributed by atoms with Gasteiger partial charge >= 0.3 is 0 Å². The molecule has 0 bridgehead atoms. The zero-order valence-corrected chi connectivity index (χ0v) is 24.2. The van der Waals surface area contributed by atoms with Crippen LogP contribution in [0.4, 0.5) is 0 Å². The Hall–Kier alpha value is 0.230. The predicted molar refractivity (Wildman–Crippen MR) is 147 cm³/mol. The van der Waals surface area contributed by atoms with Crippen molar-refractivity contribution in [2.75, 3.05) is 7.05 Å². The van der Waals surface area contributed by atoms with Gasteiger partial charge in [-0.3, -0.25) is 0 Å². The summed E-state index contributed by atoms with van der Waals surface area (Å²) in [5.41, 5.74) is 0. The molecule has 0 amide bonds. The molecule has 0 unspecified atom stereocenters. The van der Waals surface area contributed by atoms with Crippen molar-refractivity contribution in [2.45, 2.75) is 165 Å². The summed E-state index contributed by atoms with van der Waals surface area (Å²) in [5.74, 6) is 0. The summed E-state index contributed by atoms with van der Waals surface area (Å²) in [4.78, 5) is 2.33. The van der Waals surface area contributed by atoms with Crippen molar-refractivity contribution in [3.05, 3.63) is 0 Å².